The number of nitrogens with zero attached hydrogens (tertiary/aromatic N) is 1. The summed E-state index contributed by atoms with van der Waals surface area (Å²) < 4.78 is 5.05. The SMILES string of the molecule is COc1ccsc1C(=O)NC(C#N)C(C)C. The topological polar surface area (TPSA) is 62.1 Å². The van der Waals surface area contributed by atoms with Gasteiger partial charge < -0.3 is 10.1 Å². The minimum atomic E-state index is -0.473. The molecular formula is C11H14N2O2S. The summed E-state index contributed by atoms with van der Waals surface area (Å²) in [6.45, 7) is 3.78. The van der Waals surface area contributed by atoms with E-state index in [9.17, 15) is 4.79 Å². The fraction of sp³-hybridized carbons (Fsp3) is 0.455. The van der Waals surface area contributed by atoms with E-state index in [1.54, 1.807) is 11.4 Å². The van der Waals surface area contributed by atoms with Crippen LogP contribution in [0.15, 0.2) is 11.4 Å². The monoisotopic (exact) mass is 238 g/mol. The number of ether oxygens (including phenoxy) is 1. The van der Waals surface area contributed by atoms with Crippen LogP contribution in [-0.4, -0.2) is 19.1 Å². The van der Waals surface area contributed by atoms with Crippen molar-refractivity contribution in [3.8, 4) is 11.8 Å². The highest BCUT2D eigenvalue weighted by molar-refractivity contribution is 7.12. The second-order valence-electron chi connectivity index (χ2n) is 3.64. The Kier molecular flexibility index (Phi) is 4.32. The standard InChI is InChI=1S/C11H14N2O2S/c1-7(2)8(6-12)13-11(14)10-9(15-3)4-5-16-10/h4-5,7-8H,1-3H3,(H,13,14). The van der Waals surface area contributed by atoms with E-state index in [2.05, 4.69) is 11.4 Å². The Hall–Kier alpha value is -1.54. The van der Waals surface area contributed by atoms with Gasteiger partial charge in [0.1, 0.15) is 16.7 Å². The third-order valence-electron chi connectivity index (χ3n) is 2.15. The van der Waals surface area contributed by atoms with E-state index in [0.717, 1.165) is 0 Å². The van der Waals surface area contributed by atoms with Gasteiger partial charge in [-0.1, -0.05) is 13.8 Å². The number of hydrogen-bond donors (Lipinski definition) is 1. The first-order chi connectivity index (χ1) is 7.60. The molecule has 0 aliphatic carbocycles. The van der Waals surface area contributed by atoms with Crippen molar-refractivity contribution in [1.82, 2.24) is 5.32 Å². The first-order valence-corrected chi connectivity index (χ1v) is 5.80. The van der Waals surface area contributed by atoms with Gasteiger partial charge >= 0.3 is 0 Å². The molecule has 1 aromatic heterocycles. The summed E-state index contributed by atoms with van der Waals surface area (Å²) in [6.07, 6.45) is 0. The summed E-state index contributed by atoms with van der Waals surface area (Å²) in [4.78, 5) is 12.3. The van der Waals surface area contributed by atoms with Gasteiger partial charge in [0.25, 0.3) is 5.91 Å². The summed E-state index contributed by atoms with van der Waals surface area (Å²) >= 11 is 1.30. The van der Waals surface area contributed by atoms with Gasteiger partial charge in [-0.05, 0) is 17.4 Å². The van der Waals surface area contributed by atoms with Gasteiger partial charge in [0.05, 0.1) is 13.2 Å². The zero-order valence-electron chi connectivity index (χ0n) is 9.48. The molecule has 1 rings (SSSR count). The minimum Gasteiger partial charge on any atom is -0.495 e. The van der Waals surface area contributed by atoms with Crippen LogP contribution in [0.1, 0.15) is 23.5 Å². The van der Waals surface area contributed by atoms with Crippen LogP contribution in [0.2, 0.25) is 0 Å². The summed E-state index contributed by atoms with van der Waals surface area (Å²) in [6, 6.07) is 3.32. The van der Waals surface area contributed by atoms with E-state index >= 15 is 0 Å². The summed E-state index contributed by atoms with van der Waals surface area (Å²) in [5.74, 6) is 0.370. The molecule has 16 heavy (non-hydrogen) atoms. The molecule has 0 fully saturated rings. The lowest BCUT2D eigenvalue weighted by Crippen LogP contribution is -2.37. The maximum Gasteiger partial charge on any atom is 0.266 e. The third kappa shape index (κ3) is 2.74. The van der Waals surface area contributed by atoms with E-state index in [1.807, 2.05) is 13.8 Å². The Morgan fingerprint density at radius 3 is 2.81 bits per heavy atom. The van der Waals surface area contributed by atoms with Crippen LogP contribution in [0.25, 0.3) is 0 Å². The number of amides is 1. The second kappa shape index (κ2) is 5.52. The summed E-state index contributed by atoms with van der Waals surface area (Å²) in [5, 5.41) is 13.3. The summed E-state index contributed by atoms with van der Waals surface area (Å²) in [7, 11) is 1.52. The molecule has 1 atom stereocenters. The fourth-order valence-corrected chi connectivity index (χ4v) is 1.94. The largest absolute Gasteiger partial charge is 0.495 e. The third-order valence-corrected chi connectivity index (χ3v) is 3.04. The predicted molar refractivity (Wildman–Crippen MR) is 62.6 cm³/mol. The molecule has 1 N–H and O–H groups in total. The molecule has 1 aromatic rings. The highest BCUT2D eigenvalue weighted by Gasteiger charge is 2.19. The van der Waals surface area contributed by atoms with Crippen molar-refractivity contribution in [3.63, 3.8) is 0 Å². The quantitative estimate of drug-likeness (QED) is 0.873. The van der Waals surface area contributed by atoms with Crippen molar-refractivity contribution >= 4 is 17.2 Å². The predicted octanol–water partition coefficient (Wildman–Crippen LogP) is 2.03. The highest BCUT2D eigenvalue weighted by atomic mass is 32.1. The molecule has 4 nitrogen and oxygen atoms in total. The van der Waals surface area contributed by atoms with Crippen molar-refractivity contribution < 1.29 is 9.53 Å². The zero-order chi connectivity index (χ0) is 12.1. The maximum absolute atomic E-state index is 11.8. The molecule has 86 valence electrons. The van der Waals surface area contributed by atoms with Crippen molar-refractivity contribution in [2.24, 2.45) is 5.92 Å². The van der Waals surface area contributed by atoms with Crippen molar-refractivity contribution in [3.05, 3.63) is 16.3 Å². The Morgan fingerprint density at radius 1 is 1.62 bits per heavy atom. The number of rotatable bonds is 4. The molecule has 0 bridgehead atoms. The Morgan fingerprint density at radius 2 is 2.31 bits per heavy atom. The van der Waals surface area contributed by atoms with Crippen LogP contribution < -0.4 is 10.1 Å². The van der Waals surface area contributed by atoms with Gasteiger partial charge in [-0.3, -0.25) is 4.79 Å². The molecule has 0 aromatic carbocycles. The Balaban J connectivity index is 2.76. The van der Waals surface area contributed by atoms with Gasteiger partial charge in [0.2, 0.25) is 0 Å². The normalized spacial score (nSPS) is 11.9. The van der Waals surface area contributed by atoms with E-state index in [4.69, 9.17) is 10.00 Å². The van der Waals surface area contributed by atoms with Gasteiger partial charge in [-0.25, -0.2) is 0 Å². The fourth-order valence-electron chi connectivity index (χ4n) is 1.18. The first kappa shape index (κ1) is 12.5. The van der Waals surface area contributed by atoms with Crippen LogP contribution in [-0.2, 0) is 0 Å². The number of nitrogens with one attached hydrogen (secondary N) is 1. The van der Waals surface area contributed by atoms with Gasteiger partial charge in [-0.15, -0.1) is 11.3 Å². The zero-order valence-corrected chi connectivity index (χ0v) is 10.3. The molecule has 0 spiro atoms. The molecule has 0 saturated heterocycles. The van der Waals surface area contributed by atoms with Gasteiger partial charge in [0.15, 0.2) is 0 Å². The molecule has 5 heteroatoms. The lowest BCUT2D eigenvalue weighted by atomic mass is 10.1. The second-order valence-corrected chi connectivity index (χ2v) is 4.56. The molecule has 1 heterocycles. The molecular weight excluding hydrogens is 224 g/mol. The minimum absolute atomic E-state index is 0.0832. The number of thiophene rings is 1. The molecule has 0 saturated carbocycles. The maximum atomic E-state index is 11.8. The van der Waals surface area contributed by atoms with Gasteiger partial charge in [0, 0.05) is 0 Å². The number of nitriles is 1. The van der Waals surface area contributed by atoms with Crippen molar-refractivity contribution in [2.45, 2.75) is 19.9 Å². The first-order valence-electron chi connectivity index (χ1n) is 4.92. The number of carbonyl (C=O) groups is 1. The average molecular weight is 238 g/mol. The molecule has 1 amide bonds. The molecule has 0 aliphatic rings. The van der Waals surface area contributed by atoms with Crippen LogP contribution in [0.3, 0.4) is 0 Å². The van der Waals surface area contributed by atoms with Crippen LogP contribution in [0.4, 0.5) is 0 Å². The average Bonchev–Trinajstić information content (AvgIpc) is 2.72. The Bertz CT molecular complexity index is 406. The molecule has 0 aliphatic heterocycles. The number of methoxy groups -OCH3 is 1. The number of carbonyl (C=O) groups excluding carboxylic acids is 1. The van der Waals surface area contributed by atoms with Crippen molar-refractivity contribution in [1.29, 1.82) is 5.26 Å². The molecule has 1 unspecified atom stereocenters. The van der Waals surface area contributed by atoms with Crippen molar-refractivity contribution in [2.75, 3.05) is 7.11 Å². The summed E-state index contributed by atoms with van der Waals surface area (Å²) in [5.41, 5.74) is 0. The van der Waals surface area contributed by atoms with Crippen LogP contribution in [0, 0.1) is 17.2 Å². The van der Waals surface area contributed by atoms with E-state index in [-0.39, 0.29) is 11.8 Å². The van der Waals surface area contributed by atoms with Crippen LogP contribution in [0.5, 0.6) is 5.75 Å². The number of hydrogen-bond acceptors (Lipinski definition) is 4. The van der Waals surface area contributed by atoms with E-state index in [1.165, 1.54) is 18.4 Å². The Labute approximate surface area is 98.8 Å². The van der Waals surface area contributed by atoms with Gasteiger partial charge in [-0.2, -0.15) is 5.26 Å². The lowest BCUT2D eigenvalue weighted by Gasteiger charge is -2.14. The molecule has 0 radical (unpaired) electrons. The smallest absolute Gasteiger partial charge is 0.266 e. The highest BCUT2D eigenvalue weighted by Crippen LogP contribution is 2.24. The van der Waals surface area contributed by atoms with Crippen LogP contribution >= 0.6 is 11.3 Å². The lowest BCUT2D eigenvalue weighted by molar-refractivity contribution is 0.0939. The van der Waals surface area contributed by atoms with E-state index in [0.29, 0.717) is 10.6 Å². The van der Waals surface area contributed by atoms with E-state index < -0.39 is 6.04 Å².